The quantitative estimate of drug-likeness (QED) is 0.321. The molecule has 194 valence electrons. The first-order chi connectivity index (χ1) is 16.3. The van der Waals surface area contributed by atoms with E-state index in [1.54, 1.807) is 13.0 Å². The third-order valence-electron chi connectivity index (χ3n) is 8.66. The van der Waals surface area contributed by atoms with E-state index in [-0.39, 0.29) is 35.2 Å². The Morgan fingerprint density at radius 3 is 2.43 bits per heavy atom. The molecule has 0 saturated carbocycles. The second kappa shape index (κ2) is 9.53. The molecule has 0 aromatic heterocycles. The normalized spacial score (nSPS) is 44.5. The van der Waals surface area contributed by atoms with Crippen LogP contribution in [0.1, 0.15) is 74.1 Å². The molecule has 1 fully saturated rings. The molecule has 6 nitrogen and oxygen atoms in total. The highest BCUT2D eigenvalue weighted by molar-refractivity contribution is 6.10. The van der Waals surface area contributed by atoms with Gasteiger partial charge < -0.3 is 24.8 Å². The minimum absolute atomic E-state index is 0.0815. The van der Waals surface area contributed by atoms with Gasteiger partial charge in [0.2, 0.25) is 11.6 Å². The van der Waals surface area contributed by atoms with Gasteiger partial charge in [0.05, 0.1) is 18.3 Å². The predicted molar refractivity (Wildman–Crippen MR) is 134 cm³/mol. The lowest BCUT2D eigenvalue weighted by Gasteiger charge is -2.44. The fourth-order valence-corrected chi connectivity index (χ4v) is 6.51. The van der Waals surface area contributed by atoms with Crippen LogP contribution in [0.25, 0.3) is 0 Å². The highest BCUT2D eigenvalue weighted by atomic mass is 16.7. The molecule has 1 saturated heterocycles. The Bertz CT molecular complexity index is 1000. The Balaban J connectivity index is 1.83. The average Bonchev–Trinajstić information content (AvgIpc) is 3.14. The second-order valence-electron chi connectivity index (χ2n) is 11.8. The van der Waals surface area contributed by atoms with Crippen molar-refractivity contribution in [2.45, 2.75) is 98.2 Å². The Morgan fingerprint density at radius 2 is 1.74 bits per heavy atom. The first kappa shape index (κ1) is 26.2. The maximum atomic E-state index is 13.0. The molecule has 35 heavy (non-hydrogen) atoms. The van der Waals surface area contributed by atoms with Crippen molar-refractivity contribution < 1.29 is 29.6 Å². The highest BCUT2D eigenvalue weighted by Gasteiger charge is 2.51. The molecule has 4 bridgehead atoms. The Morgan fingerprint density at radius 1 is 1.06 bits per heavy atom. The highest BCUT2D eigenvalue weighted by Crippen LogP contribution is 2.49. The number of allylic oxidation sites excluding steroid dienone is 4. The molecule has 4 rings (SSSR count). The maximum absolute atomic E-state index is 13.0. The lowest BCUT2D eigenvalue weighted by Crippen LogP contribution is -2.50. The van der Waals surface area contributed by atoms with E-state index < -0.39 is 23.8 Å². The van der Waals surface area contributed by atoms with Gasteiger partial charge in [0, 0.05) is 34.5 Å². The number of ether oxygens (including phenoxy) is 2. The summed E-state index contributed by atoms with van der Waals surface area (Å²) in [7, 11) is 0. The second-order valence-corrected chi connectivity index (χ2v) is 11.8. The number of carbonyl (C=O) groups is 1. The zero-order valence-electron chi connectivity index (χ0n) is 22.2. The van der Waals surface area contributed by atoms with E-state index in [0.717, 1.165) is 25.7 Å². The molecule has 0 aromatic rings. The Kier molecular flexibility index (Phi) is 7.13. The van der Waals surface area contributed by atoms with E-state index in [4.69, 9.17) is 9.47 Å². The standard InChI is InChI=1S/C29H42O6/c1-14-8-9-22-18(5)24(30)19(6)28(34-22)23-21-13-29(33,17(4)12-16(3)11-15(2)10-14)35-27(21)20(7)25(31)26(23)32/h10,13-14,16-19,22,24,28,30,32-33H,8-9,11-12H2,1-7H3/b15-10+/t14-,16+,17-,18-,19+,22+,24-,28+,29+/m0/s1/i9+0,10+1,11+1,12+1,13+0,20+0,21+0,22+1,24+1,26+0,28+0,29+1,30+0,31+0,33+0,35+0. The SMILES string of the molecule is C/C1=[13CH]\[C@@H](C)C[12CH2][13C@H]2O[12C@@H](C3=[12C](O)C(=[16O])[12C](C)=C4[16O][13C@]([16OH])([12CH]=[12C]43)[C@@H](C)[13CH2][C@H](C)[13CH2]1)[C@H](C)[13C@@H]([16OH])[C@H]2C. The van der Waals surface area contributed by atoms with Crippen LogP contribution in [-0.4, -0.2) is 45.2 Å². The summed E-state index contributed by atoms with van der Waals surface area (Å²) < 4.78 is 12.7. The van der Waals surface area contributed by atoms with Crippen LogP contribution in [0.2, 0.25) is 0 Å². The van der Waals surface area contributed by atoms with Gasteiger partial charge in [-0.15, -0.1) is 0 Å². The van der Waals surface area contributed by atoms with Gasteiger partial charge in [-0.25, -0.2) is 0 Å². The molecular formula is C29H42O6. The third-order valence-corrected chi connectivity index (χ3v) is 8.66. The average molecular weight is 493 g/mol. The number of aliphatic hydroxyl groups is 3. The van der Waals surface area contributed by atoms with Gasteiger partial charge in [-0.1, -0.05) is 46.3 Å². The summed E-state index contributed by atoms with van der Waals surface area (Å²) in [6.45, 7) is 14.0. The van der Waals surface area contributed by atoms with Crippen molar-refractivity contribution in [2.24, 2.45) is 29.6 Å². The summed E-state index contributed by atoms with van der Waals surface area (Å²) in [6.07, 6.45) is 5.76. The largest absolute Gasteiger partial charge is 0.504 e. The molecule has 3 N–H and O–H groups in total. The summed E-state index contributed by atoms with van der Waals surface area (Å²) in [5.41, 5.74) is 2.44. The van der Waals surface area contributed by atoms with E-state index >= 15 is 0 Å². The molecule has 0 radical (unpaired) electrons. The number of rotatable bonds is 0. The first-order valence-corrected chi connectivity index (χ1v) is 13.2. The van der Waals surface area contributed by atoms with Gasteiger partial charge >= 0.3 is 0 Å². The van der Waals surface area contributed by atoms with Gasteiger partial charge in [0.15, 0.2) is 5.76 Å². The van der Waals surface area contributed by atoms with Crippen LogP contribution < -0.4 is 0 Å². The van der Waals surface area contributed by atoms with Gasteiger partial charge in [-0.3, -0.25) is 4.79 Å². The number of aliphatic hydroxyl groups excluding tert-OH is 2. The number of carbonyl (C=O) groups excluding carboxylic acids is 1. The van der Waals surface area contributed by atoms with E-state index in [9.17, 15) is 20.1 Å². The van der Waals surface area contributed by atoms with Crippen LogP contribution in [0.5, 0.6) is 0 Å². The van der Waals surface area contributed by atoms with Gasteiger partial charge in [-0.2, -0.15) is 0 Å². The van der Waals surface area contributed by atoms with Gasteiger partial charge in [0.1, 0.15) is 5.76 Å². The lowest BCUT2D eigenvalue weighted by atomic mass is 9.83. The summed E-state index contributed by atoms with van der Waals surface area (Å²) in [5, 5.41) is 33.8. The molecule has 4 aliphatic rings. The number of ketones is 1. The van der Waals surface area contributed by atoms with Crippen LogP contribution >= 0.6 is 0 Å². The summed E-state index contributed by atoms with van der Waals surface area (Å²) >= 11 is 0. The van der Waals surface area contributed by atoms with E-state index in [0.29, 0.717) is 28.7 Å². The summed E-state index contributed by atoms with van der Waals surface area (Å²) in [6, 6.07) is 0. The molecule has 1 aliphatic carbocycles. The molecule has 0 unspecified atom stereocenters. The van der Waals surface area contributed by atoms with Gasteiger partial charge in [-0.05, 0) is 57.4 Å². The van der Waals surface area contributed by atoms with Crippen molar-refractivity contribution >= 4 is 5.78 Å². The number of hydrogen-bond donors (Lipinski definition) is 3. The van der Waals surface area contributed by atoms with Crippen molar-refractivity contribution in [3.8, 4) is 0 Å². The van der Waals surface area contributed by atoms with Crippen molar-refractivity contribution in [1.29, 1.82) is 0 Å². The minimum Gasteiger partial charge on any atom is -0.504 e. The Labute approximate surface area is 209 Å². The smallest absolute Gasteiger partial charge is 0.231 e. The Hall–Kier alpha value is -1.89. The van der Waals surface area contributed by atoms with Crippen LogP contribution in [-0.2, 0) is 14.3 Å². The molecule has 3 heterocycles. The molecule has 3 aliphatic heterocycles. The molecule has 9 atom stereocenters. The lowest BCUT2D eigenvalue weighted by molar-refractivity contribution is -0.164. The van der Waals surface area contributed by atoms with Crippen LogP contribution in [0.15, 0.2) is 46.0 Å². The summed E-state index contributed by atoms with van der Waals surface area (Å²) in [4.78, 5) is 13.0. The molecule has 0 spiro atoms. The zero-order valence-corrected chi connectivity index (χ0v) is 22.2. The minimum atomic E-state index is -1.60. The predicted octanol–water partition coefficient (Wildman–Crippen LogP) is 5.13. The van der Waals surface area contributed by atoms with Gasteiger partial charge in [0.25, 0.3) is 0 Å². The number of Topliss-reactive ketones (excluding diaryl/α,β-unsaturated/α-hetero) is 1. The van der Waals surface area contributed by atoms with Crippen LogP contribution in [0.4, 0.5) is 0 Å². The summed E-state index contributed by atoms with van der Waals surface area (Å²) in [5.74, 6) is -2.16. The van der Waals surface area contributed by atoms with Crippen LogP contribution in [0.3, 0.4) is 0 Å². The van der Waals surface area contributed by atoms with Crippen molar-refractivity contribution in [2.75, 3.05) is 0 Å². The first-order valence-electron chi connectivity index (χ1n) is 13.2. The number of fused-ring (bicyclic) bond motifs is 4. The van der Waals surface area contributed by atoms with Crippen molar-refractivity contribution in [1.82, 2.24) is 0 Å². The van der Waals surface area contributed by atoms with Crippen molar-refractivity contribution in [3.63, 3.8) is 0 Å². The molecule has 0 amide bonds. The van der Waals surface area contributed by atoms with E-state index in [2.05, 4.69) is 26.8 Å². The van der Waals surface area contributed by atoms with Crippen LogP contribution in [0, 0.1) is 29.6 Å². The third kappa shape index (κ3) is 4.65. The fraction of sp³-hybridized carbons (Fsp3) is 0.690. The van der Waals surface area contributed by atoms with Crippen molar-refractivity contribution in [3.05, 3.63) is 46.0 Å². The topological polar surface area (TPSA) is 96.2 Å². The maximum Gasteiger partial charge on any atom is 0.231 e. The fourth-order valence-electron chi connectivity index (χ4n) is 6.51. The molecule has 6 heteroatoms. The zero-order chi connectivity index (χ0) is 25.8. The monoisotopic (exact) mass is 492 g/mol. The van der Waals surface area contributed by atoms with E-state index in [1.165, 1.54) is 5.57 Å². The number of hydrogen-bond acceptors (Lipinski definition) is 6. The van der Waals surface area contributed by atoms with E-state index in [1.807, 2.05) is 20.8 Å². The molecule has 0 aromatic carbocycles. The molecular weight excluding hydrogens is 450 g/mol.